The van der Waals surface area contributed by atoms with Crippen LogP contribution in [0.25, 0.3) is 16.7 Å². The summed E-state index contributed by atoms with van der Waals surface area (Å²) < 4.78 is 12.6. The first-order valence-corrected chi connectivity index (χ1v) is 9.14. The van der Waals surface area contributed by atoms with Crippen molar-refractivity contribution in [3.8, 4) is 17.2 Å². The average molecular weight is 390 g/mol. The molecule has 2 aromatic carbocycles. The quantitative estimate of drug-likeness (QED) is 0.461. The fraction of sp³-hybridized carbons (Fsp3) is 0.150. The van der Waals surface area contributed by atoms with Crippen molar-refractivity contribution in [2.75, 3.05) is 30.6 Å². The summed E-state index contributed by atoms with van der Waals surface area (Å²) in [5.74, 6) is 2.38. The molecule has 5 rings (SSSR count). The maximum absolute atomic E-state index is 9.15. The van der Waals surface area contributed by atoms with Gasteiger partial charge in [0.1, 0.15) is 5.82 Å². The number of aliphatic hydroxyl groups is 1. The van der Waals surface area contributed by atoms with Crippen molar-refractivity contribution in [3.63, 3.8) is 0 Å². The Bertz CT molecular complexity index is 1160. The lowest BCUT2D eigenvalue weighted by Gasteiger charge is -2.11. The number of anilines is 3. The van der Waals surface area contributed by atoms with Gasteiger partial charge in [-0.15, -0.1) is 0 Å². The van der Waals surface area contributed by atoms with Crippen molar-refractivity contribution >= 4 is 28.5 Å². The van der Waals surface area contributed by atoms with E-state index in [4.69, 9.17) is 14.6 Å². The van der Waals surface area contributed by atoms with Crippen LogP contribution in [0.5, 0.6) is 11.5 Å². The largest absolute Gasteiger partial charge is 0.454 e. The molecule has 3 N–H and O–H groups in total. The number of benzene rings is 2. The van der Waals surface area contributed by atoms with Gasteiger partial charge in [-0.3, -0.25) is 0 Å². The summed E-state index contributed by atoms with van der Waals surface area (Å²) in [6.45, 7) is 0.536. The number of nitrogens with zero attached hydrogens (tertiary/aromatic N) is 4. The van der Waals surface area contributed by atoms with Crippen LogP contribution >= 0.6 is 0 Å². The smallest absolute Gasteiger partial charge is 0.231 e. The van der Waals surface area contributed by atoms with Crippen LogP contribution in [0, 0.1) is 0 Å². The van der Waals surface area contributed by atoms with Gasteiger partial charge in [-0.25, -0.2) is 4.68 Å². The maximum Gasteiger partial charge on any atom is 0.231 e. The lowest BCUT2D eigenvalue weighted by molar-refractivity contribution is 0.174. The Morgan fingerprint density at radius 3 is 2.76 bits per heavy atom. The van der Waals surface area contributed by atoms with Crippen molar-refractivity contribution in [3.05, 3.63) is 54.7 Å². The molecule has 146 valence electrons. The zero-order chi connectivity index (χ0) is 19.6. The molecule has 0 saturated carbocycles. The number of aliphatic hydroxyl groups excluding tert-OH is 1. The minimum atomic E-state index is -0.0235. The lowest BCUT2D eigenvalue weighted by Crippen LogP contribution is -2.10. The Morgan fingerprint density at radius 2 is 1.90 bits per heavy atom. The van der Waals surface area contributed by atoms with Crippen LogP contribution in [0.15, 0.2) is 54.7 Å². The van der Waals surface area contributed by atoms with Crippen molar-refractivity contribution in [2.45, 2.75) is 0 Å². The van der Waals surface area contributed by atoms with Crippen LogP contribution in [0.2, 0.25) is 0 Å². The Morgan fingerprint density at radius 1 is 1.03 bits per heavy atom. The van der Waals surface area contributed by atoms with E-state index in [0.717, 1.165) is 16.8 Å². The molecule has 0 amide bonds. The van der Waals surface area contributed by atoms with Gasteiger partial charge in [0.05, 0.1) is 23.9 Å². The number of fused-ring (bicyclic) bond motifs is 2. The Kier molecular flexibility index (Phi) is 4.34. The third-order valence-electron chi connectivity index (χ3n) is 4.46. The third kappa shape index (κ3) is 3.27. The molecule has 2 aromatic heterocycles. The van der Waals surface area contributed by atoms with E-state index in [0.29, 0.717) is 35.5 Å². The first kappa shape index (κ1) is 17.3. The maximum atomic E-state index is 9.15. The van der Waals surface area contributed by atoms with Gasteiger partial charge in [0.25, 0.3) is 0 Å². The molecule has 0 bridgehead atoms. The van der Waals surface area contributed by atoms with E-state index in [9.17, 15) is 0 Å². The van der Waals surface area contributed by atoms with Crippen molar-refractivity contribution in [1.29, 1.82) is 0 Å². The molecule has 0 unspecified atom stereocenters. The molecule has 4 aromatic rings. The second kappa shape index (κ2) is 7.28. The van der Waals surface area contributed by atoms with Crippen LogP contribution in [-0.4, -0.2) is 44.8 Å². The first-order valence-electron chi connectivity index (χ1n) is 9.14. The van der Waals surface area contributed by atoms with E-state index < -0.39 is 0 Å². The van der Waals surface area contributed by atoms with Gasteiger partial charge in [-0.2, -0.15) is 15.1 Å². The van der Waals surface area contributed by atoms with Crippen molar-refractivity contribution < 1.29 is 14.6 Å². The SMILES string of the molecule is OCCNc1nc(Nc2ccc3c(c2)OCO3)c2cnn(-c3ccccc3)c2n1. The van der Waals surface area contributed by atoms with E-state index >= 15 is 0 Å². The molecule has 3 heterocycles. The third-order valence-corrected chi connectivity index (χ3v) is 4.46. The summed E-state index contributed by atoms with van der Waals surface area (Å²) in [4.78, 5) is 9.16. The molecule has 9 nitrogen and oxygen atoms in total. The summed E-state index contributed by atoms with van der Waals surface area (Å²) >= 11 is 0. The molecule has 9 heteroatoms. The summed E-state index contributed by atoms with van der Waals surface area (Å²) in [7, 11) is 0. The fourth-order valence-electron chi connectivity index (χ4n) is 3.12. The Balaban J connectivity index is 1.59. The van der Waals surface area contributed by atoms with Gasteiger partial charge in [0.2, 0.25) is 12.7 Å². The average Bonchev–Trinajstić information content (AvgIpc) is 3.39. The molecule has 0 radical (unpaired) electrons. The predicted molar refractivity (Wildman–Crippen MR) is 108 cm³/mol. The highest BCUT2D eigenvalue weighted by Gasteiger charge is 2.17. The second-order valence-electron chi connectivity index (χ2n) is 6.37. The second-order valence-corrected chi connectivity index (χ2v) is 6.37. The van der Waals surface area contributed by atoms with E-state index in [1.807, 2.05) is 48.5 Å². The molecule has 0 aliphatic carbocycles. The van der Waals surface area contributed by atoms with Crippen molar-refractivity contribution in [2.24, 2.45) is 0 Å². The number of aromatic nitrogens is 4. The minimum absolute atomic E-state index is 0.0235. The summed E-state index contributed by atoms with van der Waals surface area (Å²) in [5.41, 5.74) is 2.34. The van der Waals surface area contributed by atoms with Crippen LogP contribution in [0.4, 0.5) is 17.5 Å². The zero-order valence-corrected chi connectivity index (χ0v) is 15.4. The Hall–Kier alpha value is -3.85. The number of nitrogens with one attached hydrogen (secondary N) is 2. The molecule has 0 spiro atoms. The van der Waals surface area contributed by atoms with E-state index in [2.05, 4.69) is 25.7 Å². The lowest BCUT2D eigenvalue weighted by atomic mass is 10.2. The molecule has 0 fully saturated rings. The number of hydrogen-bond acceptors (Lipinski definition) is 8. The standard InChI is InChI=1S/C20H18N6O3/c27-9-8-21-20-24-18(23-13-6-7-16-17(10-13)29-12-28-16)15-11-22-26(19(15)25-20)14-4-2-1-3-5-14/h1-7,10-11,27H,8-9,12H2,(H2,21,23,24,25). The van der Waals surface area contributed by atoms with E-state index in [-0.39, 0.29) is 13.4 Å². The van der Waals surface area contributed by atoms with Gasteiger partial charge < -0.3 is 25.2 Å². The fourth-order valence-corrected chi connectivity index (χ4v) is 3.12. The van der Waals surface area contributed by atoms with E-state index in [1.54, 1.807) is 10.9 Å². The number of para-hydroxylation sites is 1. The highest BCUT2D eigenvalue weighted by Crippen LogP contribution is 2.36. The van der Waals surface area contributed by atoms with E-state index in [1.165, 1.54) is 0 Å². The molecular weight excluding hydrogens is 372 g/mol. The zero-order valence-electron chi connectivity index (χ0n) is 15.4. The van der Waals surface area contributed by atoms with Gasteiger partial charge in [-0.05, 0) is 24.3 Å². The van der Waals surface area contributed by atoms with Gasteiger partial charge >= 0.3 is 0 Å². The van der Waals surface area contributed by atoms with Crippen molar-refractivity contribution in [1.82, 2.24) is 19.7 Å². The number of hydrogen-bond donors (Lipinski definition) is 3. The first-order chi connectivity index (χ1) is 14.3. The topological polar surface area (TPSA) is 106 Å². The summed E-state index contributed by atoms with van der Waals surface area (Å²) in [6, 6.07) is 15.4. The molecule has 1 aliphatic rings. The van der Waals surface area contributed by atoms with Crippen LogP contribution in [-0.2, 0) is 0 Å². The number of ether oxygens (including phenoxy) is 2. The Labute approximate surface area is 165 Å². The molecule has 0 saturated heterocycles. The predicted octanol–water partition coefficient (Wildman–Crippen LogP) is 2.69. The van der Waals surface area contributed by atoms with Crippen LogP contribution in [0.3, 0.4) is 0 Å². The minimum Gasteiger partial charge on any atom is -0.454 e. The number of rotatable bonds is 6. The van der Waals surface area contributed by atoms with Crippen LogP contribution < -0.4 is 20.1 Å². The van der Waals surface area contributed by atoms with Gasteiger partial charge in [0.15, 0.2) is 17.1 Å². The highest BCUT2D eigenvalue weighted by atomic mass is 16.7. The molecule has 1 aliphatic heterocycles. The normalized spacial score (nSPS) is 12.3. The highest BCUT2D eigenvalue weighted by molar-refractivity contribution is 5.90. The summed E-state index contributed by atoms with van der Waals surface area (Å²) in [6.07, 6.45) is 1.73. The van der Waals surface area contributed by atoms with Crippen LogP contribution in [0.1, 0.15) is 0 Å². The monoisotopic (exact) mass is 390 g/mol. The molecular formula is C20H18N6O3. The summed E-state index contributed by atoms with van der Waals surface area (Å²) in [5, 5.41) is 20.8. The van der Waals surface area contributed by atoms with Gasteiger partial charge in [-0.1, -0.05) is 18.2 Å². The molecule has 29 heavy (non-hydrogen) atoms. The van der Waals surface area contributed by atoms with Gasteiger partial charge in [0, 0.05) is 18.3 Å². The molecule has 0 atom stereocenters.